The van der Waals surface area contributed by atoms with E-state index in [1.54, 1.807) is 28.6 Å². The molecule has 0 aliphatic rings. The van der Waals surface area contributed by atoms with Crippen LogP contribution in [0.2, 0.25) is 0 Å². The number of benzene rings is 1. The fraction of sp³-hybridized carbons (Fsp3) is 0.500. The van der Waals surface area contributed by atoms with Crippen LogP contribution in [0.5, 0.6) is 0 Å². The summed E-state index contributed by atoms with van der Waals surface area (Å²) in [6, 6.07) is 7.57. The molecule has 1 amide bonds. The van der Waals surface area contributed by atoms with Crippen molar-refractivity contribution in [3.8, 4) is 0 Å². The molecule has 4 nitrogen and oxygen atoms in total. The summed E-state index contributed by atoms with van der Waals surface area (Å²) in [7, 11) is 1.80. The minimum absolute atomic E-state index is 0.0394. The summed E-state index contributed by atoms with van der Waals surface area (Å²) in [5.74, 6) is 0.102. The second-order valence-corrected chi connectivity index (χ2v) is 5.77. The van der Waals surface area contributed by atoms with Crippen molar-refractivity contribution < 1.29 is 9.59 Å². The van der Waals surface area contributed by atoms with Gasteiger partial charge in [-0.1, -0.05) is 12.1 Å². The molecular formula is C16H24N2O2S. The van der Waals surface area contributed by atoms with E-state index in [0.717, 1.165) is 4.90 Å². The second kappa shape index (κ2) is 8.85. The lowest BCUT2D eigenvalue weighted by atomic mass is 10.1. The van der Waals surface area contributed by atoms with Crippen molar-refractivity contribution in [2.75, 3.05) is 39.5 Å². The zero-order chi connectivity index (χ0) is 15.8. The molecule has 0 aliphatic carbocycles. The molecule has 0 saturated heterocycles. The maximum Gasteiger partial charge on any atom is 0.236 e. The van der Waals surface area contributed by atoms with Gasteiger partial charge in [-0.3, -0.25) is 14.5 Å². The minimum Gasteiger partial charge on any atom is -0.342 e. The molecule has 0 heterocycles. The van der Waals surface area contributed by atoms with Crippen LogP contribution in [-0.4, -0.2) is 61.0 Å². The Morgan fingerprint density at radius 1 is 1.05 bits per heavy atom. The lowest BCUT2D eigenvalue weighted by Gasteiger charge is -2.22. The van der Waals surface area contributed by atoms with Gasteiger partial charge in [0.1, 0.15) is 0 Å². The first-order chi connectivity index (χ1) is 10.0. The van der Waals surface area contributed by atoms with Crippen molar-refractivity contribution in [1.29, 1.82) is 0 Å². The van der Waals surface area contributed by atoms with E-state index in [1.807, 2.05) is 44.4 Å². The molecule has 1 aromatic carbocycles. The Morgan fingerprint density at radius 3 is 2.10 bits per heavy atom. The number of likely N-dealkylation sites (N-methyl/N-ethyl adjacent to an activating group) is 2. The van der Waals surface area contributed by atoms with Gasteiger partial charge in [-0.2, -0.15) is 0 Å². The molecule has 0 spiro atoms. The molecule has 0 N–H and O–H groups in total. The molecule has 0 unspecified atom stereocenters. The van der Waals surface area contributed by atoms with Crippen molar-refractivity contribution in [3.63, 3.8) is 0 Å². The van der Waals surface area contributed by atoms with E-state index in [2.05, 4.69) is 0 Å². The molecule has 5 heteroatoms. The van der Waals surface area contributed by atoms with Gasteiger partial charge in [-0.15, -0.1) is 11.8 Å². The van der Waals surface area contributed by atoms with Crippen LogP contribution >= 0.6 is 11.8 Å². The Bertz CT molecular complexity index is 470. The predicted molar refractivity (Wildman–Crippen MR) is 88.0 cm³/mol. The average molecular weight is 308 g/mol. The number of hydrogen-bond donors (Lipinski definition) is 0. The summed E-state index contributed by atoms with van der Waals surface area (Å²) in [5.41, 5.74) is 0.690. The van der Waals surface area contributed by atoms with Crippen LogP contribution in [0.4, 0.5) is 0 Å². The highest BCUT2D eigenvalue weighted by molar-refractivity contribution is 7.98. The Balaban J connectivity index is 2.55. The quantitative estimate of drug-likeness (QED) is 0.546. The number of carbonyl (C=O) groups excluding carboxylic acids is 2. The smallest absolute Gasteiger partial charge is 0.236 e. The lowest BCUT2D eigenvalue weighted by Crippen LogP contribution is -2.40. The van der Waals surface area contributed by atoms with Gasteiger partial charge < -0.3 is 4.90 Å². The summed E-state index contributed by atoms with van der Waals surface area (Å²) in [6.45, 7) is 5.85. The molecule has 0 aromatic heterocycles. The number of thioether (sulfide) groups is 1. The Hall–Kier alpha value is -1.33. The zero-order valence-electron chi connectivity index (χ0n) is 13.3. The number of nitrogens with zero attached hydrogens (tertiary/aromatic N) is 2. The van der Waals surface area contributed by atoms with E-state index in [9.17, 15) is 9.59 Å². The van der Waals surface area contributed by atoms with Crippen LogP contribution in [0.3, 0.4) is 0 Å². The molecule has 0 aliphatic heterocycles. The summed E-state index contributed by atoms with van der Waals surface area (Å²) in [4.78, 5) is 28.8. The Labute approximate surface area is 131 Å². The monoisotopic (exact) mass is 308 g/mol. The third kappa shape index (κ3) is 5.52. The molecule has 1 aromatic rings. The highest BCUT2D eigenvalue weighted by Gasteiger charge is 2.15. The number of rotatable bonds is 8. The first-order valence-corrected chi connectivity index (χ1v) is 8.37. The number of carbonyl (C=O) groups is 2. The first-order valence-electron chi connectivity index (χ1n) is 7.15. The van der Waals surface area contributed by atoms with Gasteiger partial charge in [0, 0.05) is 23.5 Å². The van der Waals surface area contributed by atoms with E-state index in [1.165, 1.54) is 0 Å². The largest absolute Gasteiger partial charge is 0.342 e. The van der Waals surface area contributed by atoms with Crippen LogP contribution in [0.15, 0.2) is 29.2 Å². The van der Waals surface area contributed by atoms with Gasteiger partial charge in [0.15, 0.2) is 5.78 Å². The van der Waals surface area contributed by atoms with Crippen molar-refractivity contribution in [1.82, 2.24) is 9.80 Å². The van der Waals surface area contributed by atoms with Crippen LogP contribution in [0, 0.1) is 0 Å². The Kier molecular flexibility index (Phi) is 7.47. The number of amides is 1. The highest BCUT2D eigenvalue weighted by Crippen LogP contribution is 2.15. The van der Waals surface area contributed by atoms with E-state index < -0.39 is 0 Å². The van der Waals surface area contributed by atoms with Crippen molar-refractivity contribution in [2.45, 2.75) is 18.7 Å². The summed E-state index contributed by atoms with van der Waals surface area (Å²) in [6.07, 6.45) is 2.00. The van der Waals surface area contributed by atoms with Crippen molar-refractivity contribution in [3.05, 3.63) is 29.8 Å². The molecular weight excluding hydrogens is 284 g/mol. The lowest BCUT2D eigenvalue weighted by molar-refractivity contribution is -0.131. The molecule has 0 saturated carbocycles. The summed E-state index contributed by atoms with van der Waals surface area (Å²) < 4.78 is 0. The van der Waals surface area contributed by atoms with E-state index >= 15 is 0 Å². The standard InChI is InChI=1S/C16H24N2O2S/c1-5-18(6-2)16(20)12-17(3)11-15(19)13-7-9-14(21-4)10-8-13/h7-10H,5-6,11-12H2,1-4H3. The molecule has 0 fully saturated rings. The van der Waals surface area contributed by atoms with Crippen molar-refractivity contribution >= 4 is 23.5 Å². The van der Waals surface area contributed by atoms with Gasteiger partial charge in [-0.25, -0.2) is 0 Å². The predicted octanol–water partition coefficient (Wildman–Crippen LogP) is 2.39. The number of hydrogen-bond acceptors (Lipinski definition) is 4. The van der Waals surface area contributed by atoms with Crippen molar-refractivity contribution in [2.24, 2.45) is 0 Å². The van der Waals surface area contributed by atoms with Gasteiger partial charge in [0.05, 0.1) is 13.1 Å². The highest BCUT2D eigenvalue weighted by atomic mass is 32.2. The van der Waals surface area contributed by atoms with Crippen LogP contribution < -0.4 is 0 Å². The van der Waals surface area contributed by atoms with E-state index in [-0.39, 0.29) is 24.8 Å². The van der Waals surface area contributed by atoms with E-state index in [4.69, 9.17) is 0 Å². The van der Waals surface area contributed by atoms with E-state index in [0.29, 0.717) is 18.7 Å². The van der Waals surface area contributed by atoms with Gasteiger partial charge in [-0.05, 0) is 39.3 Å². The maximum atomic E-state index is 12.2. The number of ketones is 1. The normalized spacial score (nSPS) is 10.7. The SMILES string of the molecule is CCN(CC)C(=O)CN(C)CC(=O)c1ccc(SC)cc1. The van der Waals surface area contributed by atoms with Crippen LogP contribution in [0.1, 0.15) is 24.2 Å². The molecule has 0 radical (unpaired) electrons. The Morgan fingerprint density at radius 2 is 1.62 bits per heavy atom. The fourth-order valence-corrected chi connectivity index (χ4v) is 2.48. The van der Waals surface area contributed by atoms with Gasteiger partial charge in [0.2, 0.25) is 5.91 Å². The topological polar surface area (TPSA) is 40.6 Å². The van der Waals surface area contributed by atoms with Gasteiger partial charge >= 0.3 is 0 Å². The average Bonchev–Trinajstić information content (AvgIpc) is 2.48. The number of Topliss-reactive ketones (excluding diaryl/α,β-unsaturated/α-hetero) is 1. The minimum atomic E-state index is 0.0394. The molecule has 21 heavy (non-hydrogen) atoms. The zero-order valence-corrected chi connectivity index (χ0v) is 14.1. The fourth-order valence-electron chi connectivity index (χ4n) is 2.08. The third-order valence-corrected chi connectivity index (χ3v) is 4.09. The summed E-state index contributed by atoms with van der Waals surface area (Å²) in [5, 5.41) is 0. The van der Waals surface area contributed by atoms with Crippen LogP contribution in [0.25, 0.3) is 0 Å². The van der Waals surface area contributed by atoms with Crippen LogP contribution in [-0.2, 0) is 4.79 Å². The summed E-state index contributed by atoms with van der Waals surface area (Å²) >= 11 is 1.65. The molecule has 116 valence electrons. The second-order valence-electron chi connectivity index (χ2n) is 4.89. The maximum absolute atomic E-state index is 12.2. The first kappa shape index (κ1) is 17.7. The molecule has 1 rings (SSSR count). The van der Waals surface area contributed by atoms with Gasteiger partial charge in [0.25, 0.3) is 0 Å². The molecule has 0 bridgehead atoms. The third-order valence-electron chi connectivity index (χ3n) is 3.35. The molecule has 0 atom stereocenters.